The van der Waals surface area contributed by atoms with Crippen LogP contribution in [0.15, 0.2) is 36.5 Å². The number of halogens is 1. The van der Waals surface area contributed by atoms with Crippen LogP contribution in [0.25, 0.3) is 6.08 Å². The van der Waals surface area contributed by atoms with Crippen molar-refractivity contribution in [1.29, 1.82) is 0 Å². The molecule has 1 heterocycles. The number of carbonyl (C=O) groups is 1. The SMILES string of the molecule is COc1cc(/C=C/C(=O)NCc2ncccc2C)cc(Cl)c1OC. The van der Waals surface area contributed by atoms with E-state index in [4.69, 9.17) is 21.1 Å². The molecule has 0 bridgehead atoms. The van der Waals surface area contributed by atoms with Gasteiger partial charge >= 0.3 is 0 Å². The van der Waals surface area contributed by atoms with Crippen molar-refractivity contribution in [2.24, 2.45) is 0 Å². The summed E-state index contributed by atoms with van der Waals surface area (Å²) in [5.74, 6) is 0.756. The van der Waals surface area contributed by atoms with Crippen molar-refractivity contribution in [3.05, 3.63) is 58.4 Å². The van der Waals surface area contributed by atoms with Crippen LogP contribution in [0.3, 0.4) is 0 Å². The number of nitrogens with zero attached hydrogens (tertiary/aromatic N) is 1. The first kappa shape index (κ1) is 17.8. The molecular weight excluding hydrogens is 328 g/mol. The van der Waals surface area contributed by atoms with Gasteiger partial charge in [-0.2, -0.15) is 0 Å². The molecule has 0 spiro atoms. The summed E-state index contributed by atoms with van der Waals surface area (Å²) in [7, 11) is 3.05. The molecule has 1 aromatic carbocycles. The minimum absolute atomic E-state index is 0.217. The fourth-order valence-electron chi connectivity index (χ4n) is 2.14. The molecule has 24 heavy (non-hydrogen) atoms. The fraction of sp³-hybridized carbons (Fsp3) is 0.222. The Morgan fingerprint density at radius 2 is 2.12 bits per heavy atom. The van der Waals surface area contributed by atoms with Gasteiger partial charge in [-0.15, -0.1) is 0 Å². The van der Waals surface area contributed by atoms with Gasteiger partial charge in [0.25, 0.3) is 0 Å². The van der Waals surface area contributed by atoms with Crippen molar-refractivity contribution < 1.29 is 14.3 Å². The van der Waals surface area contributed by atoms with E-state index >= 15 is 0 Å². The second-order valence-corrected chi connectivity index (χ2v) is 5.46. The van der Waals surface area contributed by atoms with Gasteiger partial charge in [-0.3, -0.25) is 9.78 Å². The van der Waals surface area contributed by atoms with E-state index < -0.39 is 0 Å². The number of hydrogen-bond acceptors (Lipinski definition) is 4. The van der Waals surface area contributed by atoms with Crippen LogP contribution >= 0.6 is 11.6 Å². The first-order valence-corrected chi connectivity index (χ1v) is 7.71. The molecule has 6 heteroatoms. The van der Waals surface area contributed by atoms with Gasteiger partial charge in [-0.1, -0.05) is 17.7 Å². The van der Waals surface area contributed by atoms with E-state index in [9.17, 15) is 4.79 Å². The molecule has 0 unspecified atom stereocenters. The second kappa shape index (κ2) is 8.36. The predicted octanol–water partition coefficient (Wildman–Crippen LogP) is 3.39. The Kier molecular flexibility index (Phi) is 6.21. The number of carbonyl (C=O) groups excluding carboxylic acids is 1. The molecule has 1 N–H and O–H groups in total. The summed E-state index contributed by atoms with van der Waals surface area (Å²) in [5, 5.41) is 3.22. The van der Waals surface area contributed by atoms with Crippen LogP contribution in [0, 0.1) is 6.92 Å². The lowest BCUT2D eigenvalue weighted by molar-refractivity contribution is -0.116. The van der Waals surface area contributed by atoms with Gasteiger partial charge in [0.15, 0.2) is 11.5 Å². The highest BCUT2D eigenvalue weighted by Gasteiger charge is 2.10. The zero-order valence-electron chi connectivity index (χ0n) is 13.8. The highest BCUT2D eigenvalue weighted by atomic mass is 35.5. The van der Waals surface area contributed by atoms with Crippen molar-refractivity contribution in [3.8, 4) is 11.5 Å². The van der Waals surface area contributed by atoms with Crippen LogP contribution in [-0.2, 0) is 11.3 Å². The lowest BCUT2D eigenvalue weighted by atomic mass is 10.2. The number of amides is 1. The van der Waals surface area contributed by atoms with Crippen LogP contribution in [0.2, 0.25) is 5.02 Å². The van der Waals surface area contributed by atoms with Gasteiger partial charge in [-0.25, -0.2) is 0 Å². The number of hydrogen-bond donors (Lipinski definition) is 1. The predicted molar refractivity (Wildman–Crippen MR) is 94.4 cm³/mol. The molecule has 1 amide bonds. The zero-order chi connectivity index (χ0) is 17.5. The van der Waals surface area contributed by atoms with E-state index in [0.29, 0.717) is 23.1 Å². The molecule has 0 aliphatic heterocycles. The van der Waals surface area contributed by atoms with E-state index in [2.05, 4.69) is 10.3 Å². The summed E-state index contributed by atoms with van der Waals surface area (Å²) in [5.41, 5.74) is 2.61. The van der Waals surface area contributed by atoms with Gasteiger partial charge in [0, 0.05) is 12.3 Å². The second-order valence-electron chi connectivity index (χ2n) is 5.06. The molecule has 2 aromatic rings. The van der Waals surface area contributed by atoms with Crippen molar-refractivity contribution in [3.63, 3.8) is 0 Å². The minimum Gasteiger partial charge on any atom is -0.493 e. The maximum absolute atomic E-state index is 11.9. The maximum Gasteiger partial charge on any atom is 0.244 e. The lowest BCUT2D eigenvalue weighted by Crippen LogP contribution is -2.21. The Morgan fingerprint density at radius 3 is 2.79 bits per heavy atom. The lowest BCUT2D eigenvalue weighted by Gasteiger charge is -2.10. The van der Waals surface area contributed by atoms with E-state index in [-0.39, 0.29) is 5.91 Å². The average molecular weight is 347 g/mol. The van der Waals surface area contributed by atoms with Crippen LogP contribution in [-0.4, -0.2) is 25.1 Å². The average Bonchev–Trinajstić information content (AvgIpc) is 2.58. The fourth-order valence-corrected chi connectivity index (χ4v) is 2.44. The van der Waals surface area contributed by atoms with Crippen LogP contribution < -0.4 is 14.8 Å². The number of ether oxygens (including phenoxy) is 2. The van der Waals surface area contributed by atoms with Crippen molar-refractivity contribution in [2.75, 3.05) is 14.2 Å². The number of benzene rings is 1. The first-order chi connectivity index (χ1) is 11.5. The number of aryl methyl sites for hydroxylation is 1. The van der Waals surface area contributed by atoms with Gasteiger partial charge in [0.05, 0.1) is 31.5 Å². The number of methoxy groups -OCH3 is 2. The standard InChI is InChI=1S/C18H19ClN2O3/c1-12-5-4-8-20-15(12)11-21-17(22)7-6-13-9-14(19)18(24-3)16(10-13)23-2/h4-10H,11H2,1-3H3,(H,21,22)/b7-6+. The van der Waals surface area contributed by atoms with Crippen LogP contribution in [0.1, 0.15) is 16.8 Å². The third-order valence-electron chi connectivity index (χ3n) is 3.43. The van der Waals surface area contributed by atoms with Gasteiger partial charge in [0.2, 0.25) is 5.91 Å². The molecule has 0 saturated carbocycles. The molecule has 0 radical (unpaired) electrons. The van der Waals surface area contributed by atoms with E-state index in [0.717, 1.165) is 16.8 Å². The molecule has 126 valence electrons. The highest BCUT2D eigenvalue weighted by Crippen LogP contribution is 2.36. The molecule has 0 saturated heterocycles. The van der Waals surface area contributed by atoms with Crippen molar-refractivity contribution in [1.82, 2.24) is 10.3 Å². The summed E-state index contributed by atoms with van der Waals surface area (Å²) in [4.78, 5) is 16.2. The topological polar surface area (TPSA) is 60.5 Å². The Hall–Kier alpha value is -2.53. The number of nitrogens with one attached hydrogen (secondary N) is 1. The Morgan fingerprint density at radius 1 is 1.33 bits per heavy atom. The van der Waals surface area contributed by atoms with E-state index in [1.807, 2.05) is 19.1 Å². The smallest absolute Gasteiger partial charge is 0.244 e. The zero-order valence-corrected chi connectivity index (χ0v) is 14.6. The molecule has 2 rings (SSSR count). The normalized spacial score (nSPS) is 10.7. The summed E-state index contributed by atoms with van der Waals surface area (Å²) < 4.78 is 10.4. The van der Waals surface area contributed by atoms with Gasteiger partial charge in [-0.05, 0) is 42.3 Å². The molecule has 1 aromatic heterocycles. The van der Waals surface area contributed by atoms with Crippen LogP contribution in [0.5, 0.6) is 11.5 Å². The summed E-state index contributed by atoms with van der Waals surface area (Å²) >= 11 is 6.14. The summed E-state index contributed by atoms with van der Waals surface area (Å²) in [6, 6.07) is 7.27. The molecule has 5 nitrogen and oxygen atoms in total. The Balaban J connectivity index is 2.04. The van der Waals surface area contributed by atoms with Crippen molar-refractivity contribution in [2.45, 2.75) is 13.5 Å². The quantitative estimate of drug-likeness (QED) is 0.814. The molecule has 0 fully saturated rings. The molecule has 0 atom stereocenters. The molecule has 0 aliphatic rings. The number of pyridine rings is 1. The van der Waals surface area contributed by atoms with E-state index in [1.54, 1.807) is 24.4 Å². The van der Waals surface area contributed by atoms with Crippen molar-refractivity contribution >= 4 is 23.6 Å². The third-order valence-corrected chi connectivity index (χ3v) is 3.71. The Bertz CT molecular complexity index is 760. The molecular formula is C18H19ClN2O3. The highest BCUT2D eigenvalue weighted by molar-refractivity contribution is 6.32. The summed E-state index contributed by atoms with van der Waals surface area (Å²) in [6.45, 7) is 2.33. The van der Waals surface area contributed by atoms with Gasteiger partial charge in [0.1, 0.15) is 0 Å². The van der Waals surface area contributed by atoms with E-state index in [1.165, 1.54) is 20.3 Å². The maximum atomic E-state index is 11.9. The monoisotopic (exact) mass is 346 g/mol. The minimum atomic E-state index is -0.217. The third kappa shape index (κ3) is 4.49. The first-order valence-electron chi connectivity index (χ1n) is 7.33. The largest absolute Gasteiger partial charge is 0.493 e. The Labute approximate surface area is 146 Å². The summed E-state index contributed by atoms with van der Waals surface area (Å²) in [6.07, 6.45) is 4.81. The number of aromatic nitrogens is 1. The molecule has 0 aliphatic carbocycles. The van der Waals surface area contributed by atoms with Gasteiger partial charge < -0.3 is 14.8 Å². The number of rotatable bonds is 6. The van der Waals surface area contributed by atoms with Crippen LogP contribution in [0.4, 0.5) is 0 Å².